The number of alkyl halides is 3. The van der Waals surface area contributed by atoms with Gasteiger partial charge in [-0.2, -0.15) is 18.2 Å². The number of hydrogen-bond donors (Lipinski definition) is 0. The monoisotopic (exact) mass is 427 g/mol. The molecular weight excluding hydrogens is 402 g/mol. The lowest BCUT2D eigenvalue weighted by Crippen LogP contribution is -2.30. The molecule has 1 fully saturated rings. The van der Waals surface area contributed by atoms with Gasteiger partial charge in [-0.05, 0) is 25.0 Å². The Morgan fingerprint density at radius 1 is 1.27 bits per heavy atom. The van der Waals surface area contributed by atoms with E-state index in [1.807, 2.05) is 32.5 Å². The Kier molecular flexibility index (Phi) is 5.95. The zero-order valence-electron chi connectivity index (χ0n) is 17.4. The largest absolute Gasteiger partial charge is 0.419 e. The third kappa shape index (κ3) is 4.50. The lowest BCUT2D eigenvalue weighted by Gasteiger charge is -2.21. The highest BCUT2D eigenvalue weighted by atomic mass is 19.4. The molecule has 1 aliphatic heterocycles. The maximum absolute atomic E-state index is 14.4. The fourth-order valence-electron chi connectivity index (χ4n) is 3.64. The Labute approximate surface area is 172 Å². The SMILES string of the molecule is Cn1c(C(C)(C)C)c/c(=N\C(=O)c2cccc(C(F)(F)F)c2F)n1C[C@H]1CCCO1. The van der Waals surface area contributed by atoms with Crippen molar-refractivity contribution in [3.8, 4) is 0 Å². The van der Waals surface area contributed by atoms with Gasteiger partial charge >= 0.3 is 6.18 Å². The molecule has 0 radical (unpaired) electrons. The molecule has 30 heavy (non-hydrogen) atoms. The van der Waals surface area contributed by atoms with E-state index >= 15 is 0 Å². The first kappa shape index (κ1) is 22.3. The van der Waals surface area contributed by atoms with Crippen molar-refractivity contribution in [2.24, 2.45) is 12.0 Å². The van der Waals surface area contributed by atoms with E-state index in [1.54, 1.807) is 10.7 Å². The second kappa shape index (κ2) is 8.02. The first-order valence-corrected chi connectivity index (χ1v) is 9.73. The number of nitrogens with zero attached hydrogens (tertiary/aromatic N) is 3. The van der Waals surface area contributed by atoms with Crippen LogP contribution >= 0.6 is 0 Å². The summed E-state index contributed by atoms with van der Waals surface area (Å²) >= 11 is 0. The van der Waals surface area contributed by atoms with Crippen LogP contribution in [0.2, 0.25) is 0 Å². The highest BCUT2D eigenvalue weighted by molar-refractivity contribution is 5.95. The van der Waals surface area contributed by atoms with E-state index in [0.29, 0.717) is 19.2 Å². The van der Waals surface area contributed by atoms with E-state index in [-0.39, 0.29) is 17.0 Å². The summed E-state index contributed by atoms with van der Waals surface area (Å²) in [6, 6.07) is 4.32. The van der Waals surface area contributed by atoms with E-state index < -0.39 is 29.0 Å². The van der Waals surface area contributed by atoms with Gasteiger partial charge in [0.25, 0.3) is 5.91 Å². The predicted molar refractivity (Wildman–Crippen MR) is 102 cm³/mol. The number of rotatable bonds is 3. The molecule has 2 heterocycles. The first-order valence-electron chi connectivity index (χ1n) is 9.73. The van der Waals surface area contributed by atoms with Gasteiger partial charge in [-0.3, -0.25) is 14.2 Å². The third-order valence-electron chi connectivity index (χ3n) is 5.16. The Bertz CT molecular complexity index is 1010. The molecule has 0 bridgehead atoms. The quantitative estimate of drug-likeness (QED) is 0.690. The summed E-state index contributed by atoms with van der Waals surface area (Å²) in [6.07, 6.45) is -3.15. The molecule has 0 N–H and O–H groups in total. The minimum absolute atomic E-state index is 0.0502. The second-order valence-corrected chi connectivity index (χ2v) is 8.46. The number of amides is 1. The summed E-state index contributed by atoms with van der Waals surface area (Å²) in [7, 11) is 1.82. The van der Waals surface area contributed by atoms with Gasteiger partial charge in [-0.1, -0.05) is 26.8 Å². The number of aromatic nitrogens is 2. The van der Waals surface area contributed by atoms with Crippen molar-refractivity contribution >= 4 is 5.91 Å². The topological polar surface area (TPSA) is 48.5 Å². The fraction of sp³-hybridized carbons (Fsp3) is 0.524. The van der Waals surface area contributed by atoms with E-state index in [2.05, 4.69) is 4.99 Å². The van der Waals surface area contributed by atoms with Gasteiger partial charge in [0.2, 0.25) is 0 Å². The van der Waals surface area contributed by atoms with Crippen LogP contribution in [0.1, 0.15) is 55.2 Å². The van der Waals surface area contributed by atoms with Gasteiger partial charge < -0.3 is 4.74 Å². The number of halogens is 4. The first-order chi connectivity index (χ1) is 13.9. The summed E-state index contributed by atoms with van der Waals surface area (Å²) in [5, 5.41) is 0. The molecule has 9 heteroatoms. The van der Waals surface area contributed by atoms with Crippen molar-refractivity contribution in [3.05, 3.63) is 52.4 Å². The molecule has 1 aliphatic rings. The minimum atomic E-state index is -4.90. The molecule has 0 spiro atoms. The van der Waals surface area contributed by atoms with Crippen LogP contribution in [-0.2, 0) is 29.9 Å². The van der Waals surface area contributed by atoms with Crippen LogP contribution in [0.4, 0.5) is 17.6 Å². The van der Waals surface area contributed by atoms with E-state index in [1.165, 1.54) is 0 Å². The minimum Gasteiger partial charge on any atom is -0.376 e. The van der Waals surface area contributed by atoms with Crippen molar-refractivity contribution in [2.45, 2.75) is 57.9 Å². The van der Waals surface area contributed by atoms with Crippen molar-refractivity contribution in [1.82, 2.24) is 9.36 Å². The van der Waals surface area contributed by atoms with Crippen LogP contribution in [-0.4, -0.2) is 28.0 Å². The molecule has 1 saturated heterocycles. The lowest BCUT2D eigenvalue weighted by molar-refractivity contribution is -0.140. The summed E-state index contributed by atoms with van der Waals surface area (Å²) in [5.41, 5.74) is -1.35. The van der Waals surface area contributed by atoms with E-state index in [0.717, 1.165) is 30.7 Å². The van der Waals surface area contributed by atoms with Crippen molar-refractivity contribution in [2.75, 3.05) is 6.61 Å². The standard InChI is InChI=1S/C21H25F4N3O2/c1-20(2,3)16-11-17(28(27(16)4)12-13-7-6-10-30-13)26-19(29)14-8-5-9-15(18(14)22)21(23,24)25/h5,8-9,11,13H,6-7,10,12H2,1-4H3/b26-17+/t13-/m1/s1. The Hall–Kier alpha value is -2.42. The van der Waals surface area contributed by atoms with Crippen molar-refractivity contribution < 1.29 is 27.1 Å². The zero-order chi connectivity index (χ0) is 22.3. The number of carbonyl (C=O) groups excluding carboxylic acids is 1. The summed E-state index contributed by atoms with van der Waals surface area (Å²) in [4.78, 5) is 16.6. The van der Waals surface area contributed by atoms with Gasteiger partial charge in [-0.15, -0.1) is 0 Å². The van der Waals surface area contributed by atoms with Crippen LogP contribution < -0.4 is 5.49 Å². The smallest absolute Gasteiger partial charge is 0.376 e. The van der Waals surface area contributed by atoms with Gasteiger partial charge in [0, 0.05) is 30.8 Å². The van der Waals surface area contributed by atoms with E-state index in [4.69, 9.17) is 4.74 Å². The van der Waals surface area contributed by atoms with Crippen molar-refractivity contribution in [3.63, 3.8) is 0 Å². The van der Waals surface area contributed by atoms with Gasteiger partial charge in [-0.25, -0.2) is 4.39 Å². The molecule has 1 amide bonds. The molecule has 3 rings (SSSR count). The molecule has 0 unspecified atom stereocenters. The highest BCUT2D eigenvalue weighted by Gasteiger charge is 2.35. The molecule has 0 saturated carbocycles. The maximum Gasteiger partial charge on any atom is 0.419 e. The average molecular weight is 427 g/mol. The molecule has 0 aliphatic carbocycles. The van der Waals surface area contributed by atoms with Crippen LogP contribution in [0.25, 0.3) is 0 Å². The maximum atomic E-state index is 14.4. The molecule has 5 nitrogen and oxygen atoms in total. The number of ether oxygens (including phenoxy) is 1. The highest BCUT2D eigenvalue weighted by Crippen LogP contribution is 2.32. The molecule has 1 aromatic carbocycles. The van der Waals surface area contributed by atoms with Crippen LogP contribution in [0.3, 0.4) is 0 Å². The zero-order valence-corrected chi connectivity index (χ0v) is 17.4. The third-order valence-corrected chi connectivity index (χ3v) is 5.16. The summed E-state index contributed by atoms with van der Waals surface area (Å²) < 4.78 is 62.7. The molecule has 2 aromatic rings. The van der Waals surface area contributed by atoms with Crippen LogP contribution in [0.15, 0.2) is 29.3 Å². The number of hydrogen-bond acceptors (Lipinski definition) is 2. The van der Waals surface area contributed by atoms with Crippen LogP contribution in [0, 0.1) is 5.82 Å². The predicted octanol–water partition coefficient (Wildman–Crippen LogP) is 4.20. The van der Waals surface area contributed by atoms with Gasteiger partial charge in [0.15, 0.2) is 5.49 Å². The lowest BCUT2D eigenvalue weighted by atomic mass is 9.92. The Balaban J connectivity index is 2.09. The van der Waals surface area contributed by atoms with E-state index in [9.17, 15) is 22.4 Å². The number of benzene rings is 1. The fourth-order valence-corrected chi connectivity index (χ4v) is 3.64. The summed E-state index contributed by atoms with van der Waals surface area (Å²) in [5.74, 6) is -2.68. The van der Waals surface area contributed by atoms with Gasteiger partial charge in [0.05, 0.1) is 23.8 Å². The molecular formula is C21H25F4N3O2. The molecule has 1 aromatic heterocycles. The Morgan fingerprint density at radius 3 is 2.53 bits per heavy atom. The summed E-state index contributed by atoms with van der Waals surface area (Å²) in [6.45, 7) is 7.08. The Morgan fingerprint density at radius 2 is 1.97 bits per heavy atom. The van der Waals surface area contributed by atoms with Crippen LogP contribution in [0.5, 0.6) is 0 Å². The average Bonchev–Trinajstić information content (AvgIpc) is 3.24. The number of carbonyl (C=O) groups is 1. The molecule has 164 valence electrons. The van der Waals surface area contributed by atoms with Gasteiger partial charge in [0.1, 0.15) is 5.82 Å². The second-order valence-electron chi connectivity index (χ2n) is 8.46. The normalized spacial score (nSPS) is 18.3. The molecule has 1 atom stereocenters. The van der Waals surface area contributed by atoms with Crippen molar-refractivity contribution in [1.29, 1.82) is 0 Å².